The van der Waals surface area contributed by atoms with Crippen LogP contribution in [0.5, 0.6) is 5.75 Å². The summed E-state index contributed by atoms with van der Waals surface area (Å²) in [6.45, 7) is 2.85. The molecule has 0 aliphatic heterocycles. The largest absolute Gasteiger partial charge is 0.496 e. The standard InChI is InChI=1S/C18H24N2O/c1-14(19)12-15-8-10-17(11-9-15)20(2)13-16-6-4-5-7-18(16)21-3/h4-11,14H,12-13,19H2,1-3H3. The van der Waals surface area contributed by atoms with E-state index in [1.54, 1.807) is 7.11 Å². The minimum atomic E-state index is 0.196. The highest BCUT2D eigenvalue weighted by Gasteiger charge is 2.07. The quantitative estimate of drug-likeness (QED) is 0.885. The van der Waals surface area contributed by atoms with Gasteiger partial charge in [0.25, 0.3) is 0 Å². The maximum atomic E-state index is 5.83. The molecule has 21 heavy (non-hydrogen) atoms. The first-order chi connectivity index (χ1) is 10.1. The fourth-order valence-corrected chi connectivity index (χ4v) is 2.44. The number of para-hydroxylation sites is 1. The summed E-state index contributed by atoms with van der Waals surface area (Å²) in [5.41, 5.74) is 9.48. The van der Waals surface area contributed by atoms with E-state index in [1.807, 2.05) is 25.1 Å². The molecule has 2 aromatic rings. The molecule has 0 heterocycles. The van der Waals surface area contributed by atoms with Gasteiger partial charge in [-0.3, -0.25) is 0 Å². The van der Waals surface area contributed by atoms with Gasteiger partial charge in [-0.2, -0.15) is 0 Å². The van der Waals surface area contributed by atoms with Crippen molar-refractivity contribution in [3.63, 3.8) is 0 Å². The van der Waals surface area contributed by atoms with E-state index in [0.717, 1.165) is 18.7 Å². The van der Waals surface area contributed by atoms with Crippen molar-refractivity contribution in [2.45, 2.75) is 25.9 Å². The van der Waals surface area contributed by atoms with Crippen molar-refractivity contribution < 1.29 is 4.74 Å². The Balaban J connectivity index is 2.07. The Labute approximate surface area is 127 Å². The van der Waals surface area contributed by atoms with Crippen LogP contribution in [0, 0.1) is 0 Å². The fraction of sp³-hybridized carbons (Fsp3) is 0.333. The summed E-state index contributed by atoms with van der Waals surface area (Å²) in [6, 6.07) is 16.9. The van der Waals surface area contributed by atoms with Crippen LogP contribution in [-0.4, -0.2) is 20.2 Å². The van der Waals surface area contributed by atoms with Gasteiger partial charge in [0, 0.05) is 30.9 Å². The van der Waals surface area contributed by atoms with Gasteiger partial charge in [0.2, 0.25) is 0 Å². The second-order valence-electron chi connectivity index (χ2n) is 5.52. The predicted molar refractivity (Wildman–Crippen MR) is 88.9 cm³/mol. The van der Waals surface area contributed by atoms with Gasteiger partial charge in [0.15, 0.2) is 0 Å². The smallest absolute Gasteiger partial charge is 0.123 e. The van der Waals surface area contributed by atoms with Gasteiger partial charge >= 0.3 is 0 Å². The summed E-state index contributed by atoms with van der Waals surface area (Å²) in [5, 5.41) is 0. The number of rotatable bonds is 6. The number of nitrogens with zero attached hydrogens (tertiary/aromatic N) is 1. The second kappa shape index (κ2) is 7.14. The van der Waals surface area contributed by atoms with Gasteiger partial charge in [-0.15, -0.1) is 0 Å². The number of methoxy groups -OCH3 is 1. The normalized spacial score (nSPS) is 12.0. The topological polar surface area (TPSA) is 38.5 Å². The first kappa shape index (κ1) is 15.4. The third-order valence-corrected chi connectivity index (χ3v) is 3.53. The summed E-state index contributed by atoms with van der Waals surface area (Å²) in [6.07, 6.45) is 0.913. The van der Waals surface area contributed by atoms with Crippen LogP contribution in [0.3, 0.4) is 0 Å². The van der Waals surface area contributed by atoms with Crippen LogP contribution in [0.25, 0.3) is 0 Å². The molecule has 0 aliphatic rings. The summed E-state index contributed by atoms with van der Waals surface area (Å²) in [7, 11) is 3.80. The molecule has 0 amide bonds. The molecule has 1 unspecified atom stereocenters. The highest BCUT2D eigenvalue weighted by atomic mass is 16.5. The minimum Gasteiger partial charge on any atom is -0.496 e. The van der Waals surface area contributed by atoms with Crippen LogP contribution in [-0.2, 0) is 13.0 Å². The monoisotopic (exact) mass is 284 g/mol. The number of hydrogen-bond acceptors (Lipinski definition) is 3. The Morgan fingerprint density at radius 1 is 1.10 bits per heavy atom. The molecular weight excluding hydrogens is 260 g/mol. The Bertz CT molecular complexity index is 564. The van der Waals surface area contributed by atoms with Crippen LogP contribution in [0.2, 0.25) is 0 Å². The van der Waals surface area contributed by atoms with Gasteiger partial charge < -0.3 is 15.4 Å². The number of ether oxygens (including phenoxy) is 1. The highest BCUT2D eigenvalue weighted by molar-refractivity contribution is 5.48. The van der Waals surface area contributed by atoms with E-state index >= 15 is 0 Å². The summed E-state index contributed by atoms with van der Waals surface area (Å²) in [4.78, 5) is 2.22. The molecule has 0 aromatic heterocycles. The molecule has 112 valence electrons. The van der Waals surface area contributed by atoms with Gasteiger partial charge in [-0.25, -0.2) is 0 Å². The number of anilines is 1. The van der Waals surface area contributed by atoms with Gasteiger partial charge in [0.05, 0.1) is 7.11 Å². The molecule has 0 bridgehead atoms. The number of benzene rings is 2. The number of nitrogens with two attached hydrogens (primary N) is 1. The Kier molecular flexibility index (Phi) is 5.23. The maximum absolute atomic E-state index is 5.83. The highest BCUT2D eigenvalue weighted by Crippen LogP contribution is 2.22. The van der Waals surface area contributed by atoms with Gasteiger partial charge in [-0.05, 0) is 37.1 Å². The molecular formula is C18H24N2O. The lowest BCUT2D eigenvalue weighted by atomic mass is 10.1. The lowest BCUT2D eigenvalue weighted by Gasteiger charge is -2.21. The van der Waals surface area contributed by atoms with E-state index in [0.29, 0.717) is 0 Å². The van der Waals surface area contributed by atoms with Crippen LogP contribution < -0.4 is 15.4 Å². The summed E-state index contributed by atoms with van der Waals surface area (Å²) >= 11 is 0. The molecule has 0 spiro atoms. The SMILES string of the molecule is COc1ccccc1CN(C)c1ccc(CC(C)N)cc1. The van der Waals surface area contributed by atoms with E-state index in [1.165, 1.54) is 16.8 Å². The van der Waals surface area contributed by atoms with Crippen LogP contribution in [0.1, 0.15) is 18.1 Å². The molecule has 0 saturated carbocycles. The van der Waals surface area contributed by atoms with Gasteiger partial charge in [0.1, 0.15) is 5.75 Å². The zero-order valence-electron chi connectivity index (χ0n) is 13.0. The third kappa shape index (κ3) is 4.23. The van der Waals surface area contributed by atoms with E-state index in [9.17, 15) is 0 Å². The molecule has 2 rings (SSSR count). The van der Waals surface area contributed by atoms with Crippen molar-refractivity contribution in [3.8, 4) is 5.75 Å². The Morgan fingerprint density at radius 2 is 1.76 bits per heavy atom. The van der Waals surface area contributed by atoms with Crippen LogP contribution in [0.15, 0.2) is 48.5 Å². The Hall–Kier alpha value is -2.00. The molecule has 2 N–H and O–H groups in total. The first-order valence-electron chi connectivity index (χ1n) is 7.27. The molecule has 0 saturated heterocycles. The lowest BCUT2D eigenvalue weighted by molar-refractivity contribution is 0.409. The maximum Gasteiger partial charge on any atom is 0.123 e. The van der Waals surface area contributed by atoms with Crippen molar-refractivity contribution >= 4 is 5.69 Å². The Morgan fingerprint density at radius 3 is 2.38 bits per heavy atom. The van der Waals surface area contributed by atoms with Crippen molar-refractivity contribution in [2.24, 2.45) is 5.73 Å². The van der Waals surface area contributed by atoms with E-state index in [2.05, 4.69) is 42.3 Å². The average molecular weight is 284 g/mol. The van der Waals surface area contributed by atoms with Crippen LogP contribution >= 0.6 is 0 Å². The molecule has 0 fully saturated rings. The molecule has 1 atom stereocenters. The van der Waals surface area contributed by atoms with E-state index in [-0.39, 0.29) is 6.04 Å². The van der Waals surface area contributed by atoms with Crippen molar-refractivity contribution in [2.75, 3.05) is 19.1 Å². The van der Waals surface area contributed by atoms with Crippen molar-refractivity contribution in [3.05, 3.63) is 59.7 Å². The average Bonchev–Trinajstić information content (AvgIpc) is 2.48. The minimum absolute atomic E-state index is 0.196. The molecule has 0 aliphatic carbocycles. The second-order valence-corrected chi connectivity index (χ2v) is 5.52. The summed E-state index contributed by atoms with van der Waals surface area (Å²) < 4.78 is 5.40. The fourth-order valence-electron chi connectivity index (χ4n) is 2.44. The lowest BCUT2D eigenvalue weighted by Crippen LogP contribution is -2.18. The van der Waals surface area contributed by atoms with E-state index < -0.39 is 0 Å². The van der Waals surface area contributed by atoms with Crippen molar-refractivity contribution in [1.29, 1.82) is 0 Å². The number of hydrogen-bond donors (Lipinski definition) is 1. The van der Waals surface area contributed by atoms with Gasteiger partial charge in [-0.1, -0.05) is 30.3 Å². The van der Waals surface area contributed by atoms with E-state index in [4.69, 9.17) is 10.5 Å². The van der Waals surface area contributed by atoms with Crippen molar-refractivity contribution in [1.82, 2.24) is 0 Å². The predicted octanol–water partition coefficient (Wildman–Crippen LogP) is 3.22. The first-order valence-corrected chi connectivity index (χ1v) is 7.27. The molecule has 0 radical (unpaired) electrons. The molecule has 2 aromatic carbocycles. The van der Waals surface area contributed by atoms with Crippen LogP contribution in [0.4, 0.5) is 5.69 Å². The summed E-state index contributed by atoms with van der Waals surface area (Å²) in [5.74, 6) is 0.929. The zero-order chi connectivity index (χ0) is 15.2. The zero-order valence-corrected chi connectivity index (χ0v) is 13.0. The molecule has 3 heteroatoms. The third-order valence-electron chi connectivity index (χ3n) is 3.53. The molecule has 3 nitrogen and oxygen atoms in total.